The largest absolute Gasteiger partial charge is 0.390 e. The summed E-state index contributed by atoms with van der Waals surface area (Å²) in [6, 6.07) is 6.11. The van der Waals surface area contributed by atoms with Gasteiger partial charge in [0.15, 0.2) is 0 Å². The maximum atomic E-state index is 9.92. The molecule has 3 heteroatoms. The molecule has 16 heavy (non-hydrogen) atoms. The molecule has 0 amide bonds. The van der Waals surface area contributed by atoms with Gasteiger partial charge >= 0.3 is 0 Å². The van der Waals surface area contributed by atoms with Crippen LogP contribution in [0.3, 0.4) is 0 Å². The van der Waals surface area contributed by atoms with E-state index in [0.717, 1.165) is 40.0 Å². The van der Waals surface area contributed by atoms with Crippen molar-refractivity contribution in [1.82, 2.24) is 4.98 Å². The molecule has 2 aromatic rings. The van der Waals surface area contributed by atoms with Crippen molar-refractivity contribution in [2.45, 2.75) is 31.8 Å². The van der Waals surface area contributed by atoms with Crippen molar-refractivity contribution < 1.29 is 5.11 Å². The second-order valence-corrected chi connectivity index (χ2v) is 5.29. The molecule has 3 rings (SSSR count). The molecule has 1 heterocycles. The lowest BCUT2D eigenvalue weighted by atomic mass is 10.1. The Labute approximate surface area is 99.2 Å². The fraction of sp³-hybridized carbons (Fsp3) is 0.385. The van der Waals surface area contributed by atoms with Gasteiger partial charge in [0.1, 0.15) is 0 Å². The van der Waals surface area contributed by atoms with Gasteiger partial charge in [0.05, 0.1) is 5.60 Å². The minimum Gasteiger partial charge on any atom is -0.390 e. The van der Waals surface area contributed by atoms with Gasteiger partial charge in [-0.2, -0.15) is 0 Å². The number of halogens is 1. The number of aromatic amines is 1. The molecule has 1 aliphatic rings. The molecule has 0 saturated heterocycles. The average molecular weight is 236 g/mol. The Morgan fingerprint density at radius 1 is 1.38 bits per heavy atom. The highest BCUT2D eigenvalue weighted by atomic mass is 35.5. The first-order valence-corrected chi connectivity index (χ1v) is 5.94. The van der Waals surface area contributed by atoms with Crippen LogP contribution in [0.1, 0.15) is 24.1 Å². The van der Waals surface area contributed by atoms with E-state index in [1.54, 1.807) is 0 Å². The number of hydrogen-bond donors (Lipinski definition) is 2. The fourth-order valence-electron chi connectivity index (χ4n) is 2.15. The Hall–Kier alpha value is -0.990. The van der Waals surface area contributed by atoms with E-state index in [0.29, 0.717) is 6.42 Å². The number of hydrogen-bond acceptors (Lipinski definition) is 1. The molecule has 1 aromatic heterocycles. The van der Waals surface area contributed by atoms with Crippen LogP contribution in [0.5, 0.6) is 0 Å². The third kappa shape index (κ3) is 1.72. The Kier molecular flexibility index (Phi) is 2.07. The second kappa shape index (κ2) is 3.25. The number of H-pyrrole nitrogens is 1. The first kappa shape index (κ1) is 10.2. The minimum atomic E-state index is -0.487. The lowest BCUT2D eigenvalue weighted by molar-refractivity contribution is 0.151. The quantitative estimate of drug-likeness (QED) is 0.824. The summed E-state index contributed by atoms with van der Waals surface area (Å²) < 4.78 is 0. The summed E-state index contributed by atoms with van der Waals surface area (Å²) in [6.07, 6.45) is 2.45. The second-order valence-electron chi connectivity index (χ2n) is 4.88. The minimum absolute atomic E-state index is 0.487. The number of nitrogens with one attached hydrogen (secondary N) is 1. The molecule has 0 radical (unpaired) electrons. The van der Waals surface area contributed by atoms with Crippen LogP contribution in [0.2, 0.25) is 5.02 Å². The van der Waals surface area contributed by atoms with Gasteiger partial charge in [-0.15, -0.1) is 0 Å². The summed E-state index contributed by atoms with van der Waals surface area (Å²) >= 11 is 6.22. The molecule has 1 saturated carbocycles. The number of aryl methyl sites for hydroxylation is 1. The first-order valence-electron chi connectivity index (χ1n) is 5.56. The van der Waals surface area contributed by atoms with E-state index in [4.69, 9.17) is 11.6 Å². The van der Waals surface area contributed by atoms with E-state index < -0.39 is 5.60 Å². The molecular weight excluding hydrogens is 222 g/mol. The lowest BCUT2D eigenvalue weighted by Gasteiger charge is -2.09. The maximum Gasteiger partial charge on any atom is 0.0690 e. The summed E-state index contributed by atoms with van der Waals surface area (Å²) in [7, 11) is 0. The van der Waals surface area contributed by atoms with E-state index in [2.05, 4.69) is 17.1 Å². The van der Waals surface area contributed by atoms with Crippen molar-refractivity contribution >= 4 is 22.5 Å². The number of aromatic nitrogens is 1. The van der Waals surface area contributed by atoms with Crippen molar-refractivity contribution in [2.24, 2.45) is 0 Å². The van der Waals surface area contributed by atoms with Gasteiger partial charge in [0, 0.05) is 28.0 Å². The Balaban J connectivity index is 2.06. The van der Waals surface area contributed by atoms with Gasteiger partial charge in [-0.05, 0) is 43.5 Å². The summed E-state index contributed by atoms with van der Waals surface area (Å²) in [4.78, 5) is 3.29. The zero-order chi connectivity index (χ0) is 11.3. The van der Waals surface area contributed by atoms with Crippen LogP contribution in [0.25, 0.3) is 10.9 Å². The molecule has 0 spiro atoms. The number of benzene rings is 1. The third-order valence-corrected chi connectivity index (χ3v) is 3.62. The Morgan fingerprint density at radius 3 is 2.81 bits per heavy atom. The monoisotopic (exact) mass is 235 g/mol. The van der Waals surface area contributed by atoms with Gasteiger partial charge in [-0.25, -0.2) is 0 Å². The van der Waals surface area contributed by atoms with E-state index in [1.165, 1.54) is 0 Å². The normalized spacial score (nSPS) is 17.9. The predicted octanol–water partition coefficient (Wildman–Crippen LogP) is 3.20. The van der Waals surface area contributed by atoms with Crippen LogP contribution in [0.15, 0.2) is 18.2 Å². The molecule has 1 aliphatic carbocycles. The Morgan fingerprint density at radius 2 is 2.12 bits per heavy atom. The van der Waals surface area contributed by atoms with Gasteiger partial charge in [-0.1, -0.05) is 11.6 Å². The average Bonchev–Trinajstić information content (AvgIpc) is 2.80. The first-order chi connectivity index (χ1) is 7.56. The molecule has 0 atom stereocenters. The van der Waals surface area contributed by atoms with E-state index in [9.17, 15) is 5.11 Å². The van der Waals surface area contributed by atoms with Crippen molar-refractivity contribution in [3.05, 3.63) is 34.5 Å². The molecule has 0 aliphatic heterocycles. The van der Waals surface area contributed by atoms with Crippen molar-refractivity contribution in [3.63, 3.8) is 0 Å². The van der Waals surface area contributed by atoms with Crippen molar-refractivity contribution in [2.75, 3.05) is 0 Å². The molecule has 0 unspecified atom stereocenters. The zero-order valence-electron chi connectivity index (χ0n) is 9.18. The van der Waals surface area contributed by atoms with Gasteiger partial charge < -0.3 is 10.1 Å². The molecule has 2 nitrogen and oxygen atoms in total. The number of rotatable bonds is 2. The van der Waals surface area contributed by atoms with Crippen molar-refractivity contribution in [3.8, 4) is 0 Å². The van der Waals surface area contributed by atoms with Crippen LogP contribution in [-0.4, -0.2) is 15.7 Å². The van der Waals surface area contributed by atoms with E-state index >= 15 is 0 Å². The standard InChI is InChI=1S/C13H14ClNO/c1-8-4-9-5-11(14)10(6-12(9)15-8)7-13(16)2-3-13/h4-6,15-16H,2-3,7H2,1H3. The van der Waals surface area contributed by atoms with Gasteiger partial charge in [0.25, 0.3) is 0 Å². The van der Waals surface area contributed by atoms with Crippen LogP contribution >= 0.6 is 11.6 Å². The summed E-state index contributed by atoms with van der Waals surface area (Å²) in [5, 5.41) is 11.8. The smallest absolute Gasteiger partial charge is 0.0690 e. The summed E-state index contributed by atoms with van der Waals surface area (Å²) in [5.41, 5.74) is 2.78. The highest BCUT2D eigenvalue weighted by molar-refractivity contribution is 6.32. The number of fused-ring (bicyclic) bond motifs is 1. The predicted molar refractivity (Wildman–Crippen MR) is 65.9 cm³/mol. The summed E-state index contributed by atoms with van der Waals surface area (Å²) in [6.45, 7) is 2.03. The molecule has 2 N–H and O–H groups in total. The van der Waals surface area contributed by atoms with Gasteiger partial charge in [0.2, 0.25) is 0 Å². The van der Waals surface area contributed by atoms with Crippen LogP contribution in [0.4, 0.5) is 0 Å². The lowest BCUT2D eigenvalue weighted by Crippen LogP contribution is -2.10. The Bertz CT molecular complexity index is 554. The SMILES string of the molecule is Cc1cc2cc(Cl)c(CC3(O)CC3)cc2[nH]1. The van der Waals surface area contributed by atoms with Crippen LogP contribution in [0, 0.1) is 6.92 Å². The van der Waals surface area contributed by atoms with Crippen molar-refractivity contribution in [1.29, 1.82) is 0 Å². The third-order valence-electron chi connectivity index (χ3n) is 3.27. The number of aliphatic hydroxyl groups is 1. The zero-order valence-corrected chi connectivity index (χ0v) is 9.93. The van der Waals surface area contributed by atoms with Gasteiger partial charge in [-0.3, -0.25) is 0 Å². The van der Waals surface area contributed by atoms with Crippen LogP contribution < -0.4 is 0 Å². The highest BCUT2D eigenvalue weighted by Crippen LogP contribution is 2.40. The molecule has 84 valence electrons. The molecule has 0 bridgehead atoms. The summed E-state index contributed by atoms with van der Waals surface area (Å²) in [5.74, 6) is 0. The van der Waals surface area contributed by atoms with E-state index in [-0.39, 0.29) is 0 Å². The molecular formula is C13H14ClNO. The van der Waals surface area contributed by atoms with E-state index in [1.807, 2.05) is 13.0 Å². The molecule has 1 fully saturated rings. The van der Waals surface area contributed by atoms with Crippen LogP contribution in [-0.2, 0) is 6.42 Å². The fourth-order valence-corrected chi connectivity index (χ4v) is 2.39. The maximum absolute atomic E-state index is 9.92. The topological polar surface area (TPSA) is 36.0 Å². The molecule has 1 aromatic carbocycles. The highest BCUT2D eigenvalue weighted by Gasteiger charge is 2.40.